The first-order valence-electron chi connectivity index (χ1n) is 10.3. The molecular formula is C21H24N5O3S. The van der Waals surface area contributed by atoms with E-state index in [0.717, 1.165) is 36.3 Å². The number of benzene rings is 1. The molecule has 9 heteroatoms. The van der Waals surface area contributed by atoms with Crippen LogP contribution in [0.3, 0.4) is 0 Å². The number of aromatic nitrogens is 4. The molecule has 3 heterocycles. The Hall–Kier alpha value is -2.52. The Bertz CT molecular complexity index is 1160. The van der Waals surface area contributed by atoms with E-state index in [9.17, 15) is 8.42 Å². The third kappa shape index (κ3) is 3.67. The zero-order valence-electron chi connectivity index (χ0n) is 16.8. The predicted octanol–water partition coefficient (Wildman–Crippen LogP) is 3.13. The molecule has 2 fully saturated rings. The van der Waals surface area contributed by atoms with Crippen LogP contribution in [0.4, 0.5) is 0 Å². The molecule has 0 N–H and O–H groups in total. The van der Waals surface area contributed by atoms with Gasteiger partial charge in [-0.25, -0.2) is 28.4 Å². The molecule has 1 radical (unpaired) electrons. The van der Waals surface area contributed by atoms with Crippen molar-refractivity contribution in [2.45, 2.75) is 49.1 Å². The number of hydrogen-bond acceptors (Lipinski definition) is 6. The maximum atomic E-state index is 11.6. The molecule has 30 heavy (non-hydrogen) atoms. The minimum atomic E-state index is -3.25. The van der Waals surface area contributed by atoms with Gasteiger partial charge in [-0.05, 0) is 55.9 Å². The molecule has 1 aliphatic heterocycles. The van der Waals surface area contributed by atoms with Crippen molar-refractivity contribution in [3.8, 4) is 11.6 Å². The van der Waals surface area contributed by atoms with E-state index in [-0.39, 0.29) is 10.9 Å². The van der Waals surface area contributed by atoms with E-state index in [1.807, 2.05) is 4.68 Å². The van der Waals surface area contributed by atoms with Gasteiger partial charge in [-0.15, -0.1) is 0 Å². The average molecular weight is 427 g/mol. The van der Waals surface area contributed by atoms with E-state index in [2.05, 4.69) is 15.1 Å². The van der Waals surface area contributed by atoms with Crippen molar-refractivity contribution in [3.05, 3.63) is 36.8 Å². The monoisotopic (exact) mass is 426 g/mol. The molecule has 0 spiro atoms. The van der Waals surface area contributed by atoms with Crippen molar-refractivity contribution < 1.29 is 13.2 Å². The molecule has 1 saturated carbocycles. The molecule has 0 bridgehead atoms. The van der Waals surface area contributed by atoms with E-state index in [0.29, 0.717) is 17.7 Å². The van der Waals surface area contributed by atoms with Gasteiger partial charge in [-0.3, -0.25) is 0 Å². The number of piperidine rings is 1. The summed E-state index contributed by atoms with van der Waals surface area (Å²) in [7, 11) is -3.25. The summed E-state index contributed by atoms with van der Waals surface area (Å²) in [6, 6.07) is 7.02. The van der Waals surface area contributed by atoms with Crippen LogP contribution in [0.1, 0.15) is 38.1 Å². The zero-order valence-corrected chi connectivity index (χ0v) is 17.6. The Labute approximate surface area is 175 Å². The van der Waals surface area contributed by atoms with Gasteiger partial charge in [0.2, 0.25) is 5.88 Å². The lowest BCUT2D eigenvalue weighted by atomic mass is 9.76. The van der Waals surface area contributed by atoms with Gasteiger partial charge in [-0.2, -0.15) is 5.10 Å². The Morgan fingerprint density at radius 2 is 1.90 bits per heavy atom. The van der Waals surface area contributed by atoms with Crippen molar-refractivity contribution >= 4 is 20.9 Å². The van der Waals surface area contributed by atoms with Gasteiger partial charge >= 0.3 is 0 Å². The Morgan fingerprint density at radius 3 is 2.60 bits per heavy atom. The summed E-state index contributed by atoms with van der Waals surface area (Å²) >= 11 is 0. The highest BCUT2D eigenvalue weighted by Gasteiger charge is 2.34. The summed E-state index contributed by atoms with van der Waals surface area (Å²) in [6.45, 7) is 0.869. The van der Waals surface area contributed by atoms with Crippen LogP contribution >= 0.6 is 0 Å². The van der Waals surface area contributed by atoms with Crippen molar-refractivity contribution in [3.63, 3.8) is 0 Å². The van der Waals surface area contributed by atoms with E-state index in [1.165, 1.54) is 44.0 Å². The summed E-state index contributed by atoms with van der Waals surface area (Å²) in [5, 5.41) is 10.2. The second-order valence-electron chi connectivity index (χ2n) is 8.19. The average Bonchev–Trinajstić information content (AvgIpc) is 3.12. The van der Waals surface area contributed by atoms with Crippen LogP contribution in [-0.2, 0) is 9.84 Å². The van der Waals surface area contributed by atoms with Gasteiger partial charge in [0.1, 0.15) is 17.5 Å². The summed E-state index contributed by atoms with van der Waals surface area (Å²) in [4.78, 5) is 8.99. The summed E-state index contributed by atoms with van der Waals surface area (Å²) < 4.78 is 31.2. The van der Waals surface area contributed by atoms with Crippen LogP contribution in [-0.4, -0.2) is 47.0 Å². The molecule has 3 aromatic rings. The molecule has 0 amide bonds. The second-order valence-corrected chi connectivity index (χ2v) is 10.2. The Kier molecular flexibility index (Phi) is 4.94. The van der Waals surface area contributed by atoms with E-state index >= 15 is 0 Å². The highest BCUT2D eigenvalue weighted by Crippen LogP contribution is 2.37. The third-order valence-corrected chi connectivity index (χ3v) is 7.33. The van der Waals surface area contributed by atoms with Crippen LogP contribution in [0.15, 0.2) is 41.7 Å². The lowest BCUT2D eigenvalue weighted by molar-refractivity contribution is 0.164. The lowest BCUT2D eigenvalue weighted by Gasteiger charge is -2.38. The molecule has 2 unspecified atom stereocenters. The topological polar surface area (TPSA) is 101 Å². The first-order valence-corrected chi connectivity index (χ1v) is 12.2. The van der Waals surface area contributed by atoms with Crippen LogP contribution in [0.2, 0.25) is 0 Å². The van der Waals surface area contributed by atoms with Crippen molar-refractivity contribution in [2.24, 2.45) is 5.92 Å². The molecule has 8 nitrogen and oxygen atoms in total. The summed E-state index contributed by atoms with van der Waals surface area (Å²) in [6.07, 6.45) is 10.3. The zero-order chi connectivity index (χ0) is 20.7. The van der Waals surface area contributed by atoms with Gasteiger partial charge in [0.15, 0.2) is 15.5 Å². The maximum Gasteiger partial charge on any atom is 0.233 e. The number of sulfone groups is 1. The molecular weight excluding hydrogens is 402 g/mol. The van der Waals surface area contributed by atoms with Crippen LogP contribution in [0.25, 0.3) is 11.0 Å². The molecule has 157 valence electrons. The molecule has 5 rings (SSSR count). The van der Waals surface area contributed by atoms with Crippen molar-refractivity contribution in [1.82, 2.24) is 25.1 Å². The van der Waals surface area contributed by atoms with Crippen LogP contribution in [0, 0.1) is 5.92 Å². The van der Waals surface area contributed by atoms with Crippen LogP contribution < -0.4 is 10.1 Å². The van der Waals surface area contributed by atoms with Gasteiger partial charge in [0, 0.05) is 18.8 Å². The third-order valence-electron chi connectivity index (χ3n) is 6.20. The predicted molar refractivity (Wildman–Crippen MR) is 111 cm³/mol. The largest absolute Gasteiger partial charge is 0.438 e. The fourth-order valence-electron chi connectivity index (χ4n) is 4.30. The van der Waals surface area contributed by atoms with Gasteiger partial charge < -0.3 is 4.74 Å². The maximum absolute atomic E-state index is 11.6. The first-order chi connectivity index (χ1) is 14.5. The highest BCUT2D eigenvalue weighted by molar-refractivity contribution is 7.90. The first kappa shape index (κ1) is 19.4. The van der Waals surface area contributed by atoms with Gasteiger partial charge in [0.25, 0.3) is 0 Å². The Balaban J connectivity index is 1.39. The van der Waals surface area contributed by atoms with E-state index in [1.54, 1.807) is 18.3 Å². The summed E-state index contributed by atoms with van der Waals surface area (Å²) in [5.41, 5.74) is 0.756. The molecule has 1 aliphatic carbocycles. The summed E-state index contributed by atoms with van der Waals surface area (Å²) in [5.74, 6) is 1.66. The second kappa shape index (κ2) is 7.63. The number of fused-ring (bicyclic) bond motifs is 1. The van der Waals surface area contributed by atoms with Crippen molar-refractivity contribution in [1.29, 1.82) is 0 Å². The minimum Gasteiger partial charge on any atom is -0.438 e. The minimum absolute atomic E-state index is 0.249. The number of hydrogen-bond donors (Lipinski definition) is 0. The quantitative estimate of drug-likeness (QED) is 0.621. The molecule has 1 saturated heterocycles. The van der Waals surface area contributed by atoms with Gasteiger partial charge in [0.05, 0.1) is 17.1 Å². The van der Waals surface area contributed by atoms with E-state index < -0.39 is 9.84 Å². The smallest absolute Gasteiger partial charge is 0.233 e. The number of rotatable bonds is 5. The fraction of sp³-hybridized carbons (Fsp3) is 0.476. The Morgan fingerprint density at radius 1 is 1.10 bits per heavy atom. The molecule has 1 aromatic carbocycles. The molecule has 2 aliphatic rings. The fourth-order valence-corrected chi connectivity index (χ4v) is 4.94. The van der Waals surface area contributed by atoms with Crippen LogP contribution in [0.5, 0.6) is 11.6 Å². The number of nitrogens with zero attached hydrogens (tertiary/aromatic N) is 5. The molecule has 2 atom stereocenters. The highest BCUT2D eigenvalue weighted by atomic mass is 32.2. The number of ether oxygens (including phenoxy) is 1. The van der Waals surface area contributed by atoms with E-state index in [4.69, 9.17) is 10.1 Å². The van der Waals surface area contributed by atoms with Crippen molar-refractivity contribution in [2.75, 3.05) is 12.8 Å². The standard InChI is InChI=1S/C21H24N5O3S/c1-30(27,28)17-7-5-16(6-8-17)29-21-18-12-25-26(20(18)23-13-24-21)15-9-10-22-19(11-15)14-3-2-4-14/h5-8,12-15,19H,2-4,9-11H2,1H3. The SMILES string of the molecule is CS(=O)(=O)c1ccc(Oc2ncnc3c2cnn3C2CC[N]C(C3CCC3)C2)cc1. The lowest BCUT2D eigenvalue weighted by Crippen LogP contribution is -2.41. The molecule has 2 aromatic heterocycles. The normalized spacial score (nSPS) is 22.7. The van der Waals surface area contributed by atoms with Gasteiger partial charge in [-0.1, -0.05) is 6.42 Å².